The van der Waals surface area contributed by atoms with Crippen LogP contribution in [0, 0.1) is 13.8 Å². The Kier molecular flexibility index (Phi) is 9.34. The zero-order valence-corrected chi connectivity index (χ0v) is 23.0. The predicted molar refractivity (Wildman–Crippen MR) is 147 cm³/mol. The molecule has 0 aliphatic rings. The fraction of sp³-hybridized carbons (Fsp3) is 0.286. The van der Waals surface area contributed by atoms with E-state index in [2.05, 4.69) is 5.32 Å². The molecule has 3 rings (SSSR count). The third-order valence-corrected chi connectivity index (χ3v) is 7.99. The lowest BCUT2D eigenvalue weighted by Crippen LogP contribution is -2.51. The topological polar surface area (TPSA) is 86.8 Å². The van der Waals surface area contributed by atoms with Crippen LogP contribution in [0.25, 0.3) is 0 Å². The van der Waals surface area contributed by atoms with E-state index in [1.165, 1.54) is 17.0 Å². The van der Waals surface area contributed by atoms with Crippen LogP contribution in [-0.2, 0) is 26.2 Å². The number of anilines is 1. The zero-order chi connectivity index (χ0) is 27.2. The molecule has 0 heterocycles. The summed E-state index contributed by atoms with van der Waals surface area (Å²) >= 11 is 6.15. The number of aryl methyl sites for hydroxylation is 2. The molecule has 0 radical (unpaired) electrons. The molecule has 0 aromatic heterocycles. The summed E-state index contributed by atoms with van der Waals surface area (Å²) in [7, 11) is -4.08. The maximum absolute atomic E-state index is 13.8. The lowest BCUT2D eigenvalue weighted by molar-refractivity contribution is -0.139. The molecule has 0 aliphatic heterocycles. The Balaban J connectivity index is 2.02. The minimum Gasteiger partial charge on any atom is -0.355 e. The van der Waals surface area contributed by atoms with Crippen LogP contribution >= 0.6 is 11.6 Å². The summed E-state index contributed by atoms with van der Waals surface area (Å²) in [6.45, 7) is 7.19. The fourth-order valence-corrected chi connectivity index (χ4v) is 5.44. The van der Waals surface area contributed by atoms with Crippen molar-refractivity contribution in [2.45, 2.75) is 45.2 Å². The molecule has 37 heavy (non-hydrogen) atoms. The first-order valence-electron chi connectivity index (χ1n) is 12.0. The van der Waals surface area contributed by atoms with Crippen molar-refractivity contribution in [3.8, 4) is 0 Å². The second-order valence-electron chi connectivity index (χ2n) is 8.88. The Bertz CT molecular complexity index is 1340. The largest absolute Gasteiger partial charge is 0.355 e. The van der Waals surface area contributed by atoms with E-state index < -0.39 is 28.5 Å². The van der Waals surface area contributed by atoms with Crippen molar-refractivity contribution in [3.05, 3.63) is 94.5 Å². The smallest absolute Gasteiger partial charge is 0.264 e. The number of amides is 2. The maximum atomic E-state index is 13.8. The van der Waals surface area contributed by atoms with Crippen molar-refractivity contribution >= 4 is 39.1 Å². The van der Waals surface area contributed by atoms with Crippen LogP contribution in [0.5, 0.6) is 0 Å². The van der Waals surface area contributed by atoms with E-state index in [1.807, 2.05) is 13.8 Å². The Hall–Kier alpha value is -3.36. The summed E-state index contributed by atoms with van der Waals surface area (Å²) < 4.78 is 28.6. The van der Waals surface area contributed by atoms with Gasteiger partial charge in [-0.1, -0.05) is 59.1 Å². The number of likely N-dealkylation sites (N-methyl/N-ethyl adjacent to an activating group) is 1. The van der Waals surface area contributed by atoms with E-state index in [-0.39, 0.29) is 17.3 Å². The Labute approximate surface area is 224 Å². The quantitative estimate of drug-likeness (QED) is 0.403. The minimum absolute atomic E-state index is 0.0737. The summed E-state index contributed by atoms with van der Waals surface area (Å²) in [4.78, 5) is 28.0. The molecule has 2 amide bonds. The normalized spacial score (nSPS) is 12.0. The second kappa shape index (κ2) is 12.3. The molecule has 0 unspecified atom stereocenters. The van der Waals surface area contributed by atoms with Crippen LogP contribution in [0.1, 0.15) is 30.5 Å². The van der Waals surface area contributed by atoms with Gasteiger partial charge in [-0.15, -0.1) is 0 Å². The molecule has 3 aromatic rings. The molecule has 0 saturated heterocycles. The molecular weight excluding hydrogens is 510 g/mol. The zero-order valence-electron chi connectivity index (χ0n) is 21.4. The van der Waals surface area contributed by atoms with Crippen molar-refractivity contribution in [2.24, 2.45) is 0 Å². The highest BCUT2D eigenvalue weighted by atomic mass is 35.5. The summed E-state index contributed by atoms with van der Waals surface area (Å²) in [6.07, 6.45) is 0. The van der Waals surface area contributed by atoms with Gasteiger partial charge in [0.15, 0.2) is 0 Å². The van der Waals surface area contributed by atoms with E-state index in [1.54, 1.807) is 74.5 Å². The third kappa shape index (κ3) is 7.11. The van der Waals surface area contributed by atoms with Gasteiger partial charge in [-0.3, -0.25) is 13.9 Å². The van der Waals surface area contributed by atoms with Crippen LogP contribution in [0.2, 0.25) is 5.02 Å². The number of rotatable bonds is 10. The molecule has 0 fully saturated rings. The van der Waals surface area contributed by atoms with Crippen molar-refractivity contribution in [2.75, 3.05) is 17.4 Å². The van der Waals surface area contributed by atoms with Gasteiger partial charge >= 0.3 is 0 Å². The average Bonchev–Trinajstić information content (AvgIpc) is 2.86. The molecule has 196 valence electrons. The van der Waals surface area contributed by atoms with Crippen molar-refractivity contribution in [1.29, 1.82) is 0 Å². The molecule has 1 N–H and O–H groups in total. The van der Waals surface area contributed by atoms with Crippen LogP contribution < -0.4 is 9.62 Å². The third-order valence-electron chi connectivity index (χ3n) is 5.97. The van der Waals surface area contributed by atoms with Gasteiger partial charge in [0.05, 0.1) is 10.6 Å². The predicted octanol–water partition coefficient (Wildman–Crippen LogP) is 4.71. The minimum atomic E-state index is -4.08. The van der Waals surface area contributed by atoms with E-state index in [9.17, 15) is 18.0 Å². The van der Waals surface area contributed by atoms with Crippen LogP contribution in [0.3, 0.4) is 0 Å². The number of halogens is 1. The van der Waals surface area contributed by atoms with Gasteiger partial charge in [0, 0.05) is 18.1 Å². The van der Waals surface area contributed by atoms with Gasteiger partial charge in [-0.25, -0.2) is 8.42 Å². The molecular formula is C28H32ClN3O4S. The molecule has 9 heteroatoms. The van der Waals surface area contributed by atoms with Crippen molar-refractivity contribution < 1.29 is 18.0 Å². The SMILES string of the molecule is CCNC(=O)[C@@H](C)N(Cc1cccc(Cl)c1)C(=O)CN(c1ccc(C)cc1)S(=O)(=O)c1ccc(C)cc1. The lowest BCUT2D eigenvalue weighted by Gasteiger charge is -2.32. The standard InChI is InChI=1S/C28H32ClN3O4S/c1-5-30-28(34)22(4)31(18-23-7-6-8-24(29)17-23)27(33)19-32(25-13-9-20(2)10-14-25)37(35,36)26-15-11-21(3)12-16-26/h6-17,22H,5,18-19H2,1-4H3,(H,30,34)/t22-/m1/s1. The lowest BCUT2D eigenvalue weighted by atomic mass is 10.1. The number of benzene rings is 3. The highest BCUT2D eigenvalue weighted by Crippen LogP contribution is 2.25. The van der Waals surface area contributed by atoms with Gasteiger partial charge in [-0.2, -0.15) is 0 Å². The number of carbonyl (C=O) groups is 2. The first-order chi connectivity index (χ1) is 17.5. The molecule has 0 saturated carbocycles. The summed E-state index contributed by atoms with van der Waals surface area (Å²) in [5.41, 5.74) is 2.95. The first-order valence-corrected chi connectivity index (χ1v) is 13.8. The number of hydrogen-bond acceptors (Lipinski definition) is 4. The van der Waals surface area contributed by atoms with Gasteiger partial charge in [0.2, 0.25) is 11.8 Å². The number of nitrogens with zero attached hydrogens (tertiary/aromatic N) is 2. The van der Waals surface area contributed by atoms with Crippen molar-refractivity contribution in [3.63, 3.8) is 0 Å². The molecule has 3 aromatic carbocycles. The van der Waals surface area contributed by atoms with Gasteiger partial charge in [-0.05, 0) is 69.7 Å². The molecule has 7 nitrogen and oxygen atoms in total. The first kappa shape index (κ1) is 28.2. The van der Waals surface area contributed by atoms with E-state index in [0.717, 1.165) is 21.0 Å². The summed E-state index contributed by atoms with van der Waals surface area (Å²) in [6, 6.07) is 19.6. The maximum Gasteiger partial charge on any atom is 0.264 e. The van der Waals surface area contributed by atoms with E-state index in [4.69, 9.17) is 11.6 Å². The highest BCUT2D eigenvalue weighted by Gasteiger charge is 2.32. The highest BCUT2D eigenvalue weighted by molar-refractivity contribution is 7.92. The Morgan fingerprint density at radius 3 is 2.11 bits per heavy atom. The van der Waals surface area contributed by atoms with Gasteiger partial charge < -0.3 is 10.2 Å². The van der Waals surface area contributed by atoms with Crippen LogP contribution in [-0.4, -0.2) is 44.3 Å². The van der Waals surface area contributed by atoms with E-state index >= 15 is 0 Å². The molecule has 0 spiro atoms. The van der Waals surface area contributed by atoms with E-state index in [0.29, 0.717) is 17.3 Å². The Morgan fingerprint density at radius 1 is 0.946 bits per heavy atom. The number of nitrogens with one attached hydrogen (secondary N) is 1. The van der Waals surface area contributed by atoms with Crippen LogP contribution in [0.15, 0.2) is 77.7 Å². The summed E-state index contributed by atoms with van der Waals surface area (Å²) in [5, 5.41) is 3.24. The van der Waals surface area contributed by atoms with Crippen molar-refractivity contribution in [1.82, 2.24) is 10.2 Å². The Morgan fingerprint density at radius 2 is 1.54 bits per heavy atom. The fourth-order valence-electron chi connectivity index (χ4n) is 3.81. The molecule has 0 aliphatic carbocycles. The number of sulfonamides is 1. The van der Waals surface area contributed by atoms with Crippen LogP contribution in [0.4, 0.5) is 5.69 Å². The monoisotopic (exact) mass is 541 g/mol. The number of hydrogen-bond donors (Lipinski definition) is 1. The molecule has 0 bridgehead atoms. The molecule has 1 atom stereocenters. The van der Waals surface area contributed by atoms with Gasteiger partial charge in [0.1, 0.15) is 12.6 Å². The summed E-state index contributed by atoms with van der Waals surface area (Å²) in [5.74, 6) is -0.851. The number of carbonyl (C=O) groups excluding carboxylic acids is 2. The van der Waals surface area contributed by atoms with Gasteiger partial charge in [0.25, 0.3) is 10.0 Å². The second-order valence-corrected chi connectivity index (χ2v) is 11.2. The average molecular weight is 542 g/mol.